The normalized spacial score (nSPS) is 24.6. The number of anilines is 1. The summed E-state index contributed by atoms with van der Waals surface area (Å²) >= 11 is 0. The Bertz CT molecular complexity index is 405. The third-order valence-electron chi connectivity index (χ3n) is 3.39. The summed E-state index contributed by atoms with van der Waals surface area (Å²) < 4.78 is 7.79. The van der Waals surface area contributed by atoms with Gasteiger partial charge in [-0.05, 0) is 27.8 Å². The van der Waals surface area contributed by atoms with Crippen LogP contribution >= 0.6 is 0 Å². The maximum absolute atomic E-state index is 5.80. The zero-order chi connectivity index (χ0) is 13.3. The Balaban J connectivity index is 2.31. The van der Waals surface area contributed by atoms with Gasteiger partial charge in [-0.3, -0.25) is 4.68 Å². The first-order valence-electron chi connectivity index (χ1n) is 6.60. The van der Waals surface area contributed by atoms with Crippen LogP contribution in [0.1, 0.15) is 25.1 Å². The van der Waals surface area contributed by atoms with Crippen LogP contribution < -0.4 is 10.2 Å². The highest BCUT2D eigenvalue weighted by molar-refractivity contribution is 5.50. The molecule has 1 aromatic heterocycles. The monoisotopic (exact) mass is 252 g/mol. The molecule has 2 heterocycles. The number of morpholine rings is 1. The number of nitrogens with zero attached hydrogens (tertiary/aromatic N) is 3. The molecule has 0 spiro atoms. The second-order valence-electron chi connectivity index (χ2n) is 5.20. The molecule has 2 atom stereocenters. The predicted molar refractivity (Wildman–Crippen MR) is 72.9 cm³/mol. The largest absolute Gasteiger partial charge is 0.372 e. The van der Waals surface area contributed by atoms with Crippen LogP contribution in [0.2, 0.25) is 0 Å². The molecule has 0 radical (unpaired) electrons. The van der Waals surface area contributed by atoms with Gasteiger partial charge in [-0.15, -0.1) is 0 Å². The highest BCUT2D eigenvalue weighted by Gasteiger charge is 2.27. The Morgan fingerprint density at radius 1 is 1.33 bits per heavy atom. The van der Waals surface area contributed by atoms with E-state index in [0.717, 1.165) is 25.3 Å². The number of aryl methyl sites for hydroxylation is 2. The van der Waals surface area contributed by atoms with Gasteiger partial charge in [0.2, 0.25) is 0 Å². The summed E-state index contributed by atoms with van der Waals surface area (Å²) in [5.41, 5.74) is 2.40. The summed E-state index contributed by atoms with van der Waals surface area (Å²) in [6, 6.07) is 0. The number of nitrogens with one attached hydrogen (secondary N) is 1. The van der Waals surface area contributed by atoms with Crippen LogP contribution in [0.15, 0.2) is 0 Å². The number of aromatic nitrogens is 2. The molecule has 0 amide bonds. The molecule has 102 valence electrons. The average Bonchev–Trinajstić information content (AvgIpc) is 2.53. The lowest BCUT2D eigenvalue weighted by atomic mass is 10.2. The van der Waals surface area contributed by atoms with Crippen LogP contribution in [0, 0.1) is 6.92 Å². The summed E-state index contributed by atoms with van der Waals surface area (Å²) in [6.07, 6.45) is 0.540. The smallest absolute Gasteiger partial charge is 0.131 e. The van der Waals surface area contributed by atoms with Crippen LogP contribution in [0.5, 0.6) is 0 Å². The third kappa shape index (κ3) is 2.52. The first-order valence-corrected chi connectivity index (χ1v) is 6.60. The van der Waals surface area contributed by atoms with E-state index < -0.39 is 0 Å². The molecule has 1 aliphatic rings. The molecule has 2 rings (SSSR count). The fourth-order valence-corrected chi connectivity index (χ4v) is 2.82. The van der Waals surface area contributed by atoms with Crippen LogP contribution in [-0.2, 0) is 18.3 Å². The maximum atomic E-state index is 5.80. The number of ether oxygens (including phenoxy) is 1. The van der Waals surface area contributed by atoms with E-state index >= 15 is 0 Å². The summed E-state index contributed by atoms with van der Waals surface area (Å²) in [5, 5.41) is 7.78. The number of hydrogen-bond donors (Lipinski definition) is 1. The van der Waals surface area contributed by atoms with E-state index in [1.165, 1.54) is 11.4 Å². The zero-order valence-electron chi connectivity index (χ0n) is 12.0. The Labute approximate surface area is 109 Å². The van der Waals surface area contributed by atoms with E-state index in [1.807, 2.05) is 18.8 Å². The molecular formula is C13H24N4O. The van der Waals surface area contributed by atoms with Gasteiger partial charge in [-0.25, -0.2) is 0 Å². The van der Waals surface area contributed by atoms with Gasteiger partial charge in [0.1, 0.15) is 5.82 Å². The second kappa shape index (κ2) is 5.28. The van der Waals surface area contributed by atoms with Crippen molar-refractivity contribution >= 4 is 5.82 Å². The summed E-state index contributed by atoms with van der Waals surface area (Å²) in [4.78, 5) is 2.39. The first-order chi connectivity index (χ1) is 8.52. The lowest BCUT2D eigenvalue weighted by Gasteiger charge is -2.37. The first kappa shape index (κ1) is 13.4. The van der Waals surface area contributed by atoms with Gasteiger partial charge in [0.05, 0.1) is 17.9 Å². The number of rotatable bonds is 3. The van der Waals surface area contributed by atoms with Crippen LogP contribution in [0.4, 0.5) is 5.82 Å². The fraction of sp³-hybridized carbons (Fsp3) is 0.769. The van der Waals surface area contributed by atoms with Gasteiger partial charge >= 0.3 is 0 Å². The van der Waals surface area contributed by atoms with Gasteiger partial charge in [0, 0.05) is 32.2 Å². The zero-order valence-corrected chi connectivity index (χ0v) is 12.0. The van der Waals surface area contributed by atoms with Crippen molar-refractivity contribution in [3.05, 3.63) is 11.3 Å². The van der Waals surface area contributed by atoms with Gasteiger partial charge in [-0.1, -0.05) is 0 Å². The molecular weight excluding hydrogens is 228 g/mol. The Hall–Kier alpha value is -1.07. The highest BCUT2D eigenvalue weighted by atomic mass is 16.5. The van der Waals surface area contributed by atoms with E-state index in [4.69, 9.17) is 4.74 Å². The molecule has 2 unspecified atom stereocenters. The minimum atomic E-state index is 0.270. The standard InChI is InChI=1S/C13H24N4O/c1-9-7-17(8-10(2)18-9)13-12(6-14-4)11(3)15-16(13)5/h9-10,14H,6-8H2,1-5H3. The molecule has 18 heavy (non-hydrogen) atoms. The van der Waals surface area contributed by atoms with Gasteiger partial charge < -0.3 is 15.0 Å². The maximum Gasteiger partial charge on any atom is 0.131 e. The molecule has 0 aliphatic carbocycles. The summed E-state index contributed by atoms with van der Waals surface area (Å²) in [5.74, 6) is 1.23. The van der Waals surface area contributed by atoms with Crippen LogP contribution in [0.3, 0.4) is 0 Å². The van der Waals surface area contributed by atoms with E-state index in [1.54, 1.807) is 0 Å². The van der Waals surface area contributed by atoms with E-state index in [2.05, 4.69) is 36.1 Å². The predicted octanol–water partition coefficient (Wildman–Crippen LogP) is 1.06. The minimum Gasteiger partial charge on any atom is -0.372 e. The summed E-state index contributed by atoms with van der Waals surface area (Å²) in [7, 11) is 3.99. The Morgan fingerprint density at radius 2 is 1.94 bits per heavy atom. The van der Waals surface area contributed by atoms with Crippen LogP contribution in [-0.4, -0.2) is 42.1 Å². The molecule has 5 nitrogen and oxygen atoms in total. The van der Waals surface area contributed by atoms with Gasteiger partial charge in [0.25, 0.3) is 0 Å². The topological polar surface area (TPSA) is 42.3 Å². The van der Waals surface area contributed by atoms with E-state index in [9.17, 15) is 0 Å². The van der Waals surface area contributed by atoms with E-state index in [0.29, 0.717) is 0 Å². The van der Waals surface area contributed by atoms with Crippen molar-refractivity contribution < 1.29 is 4.74 Å². The fourth-order valence-electron chi connectivity index (χ4n) is 2.82. The molecule has 1 aliphatic heterocycles. The van der Waals surface area contributed by atoms with Crippen molar-refractivity contribution in [2.45, 2.75) is 39.5 Å². The van der Waals surface area contributed by atoms with Crippen molar-refractivity contribution in [2.24, 2.45) is 7.05 Å². The molecule has 5 heteroatoms. The molecule has 1 N–H and O–H groups in total. The SMILES string of the molecule is CNCc1c(C)nn(C)c1N1CC(C)OC(C)C1. The minimum absolute atomic E-state index is 0.270. The molecule has 1 fully saturated rings. The Morgan fingerprint density at radius 3 is 2.50 bits per heavy atom. The van der Waals surface area contributed by atoms with Crippen molar-refractivity contribution in [2.75, 3.05) is 25.0 Å². The lowest BCUT2D eigenvalue weighted by Crippen LogP contribution is -2.46. The van der Waals surface area contributed by atoms with Crippen molar-refractivity contribution in [3.63, 3.8) is 0 Å². The second-order valence-corrected chi connectivity index (χ2v) is 5.20. The van der Waals surface area contributed by atoms with Crippen LogP contribution in [0.25, 0.3) is 0 Å². The third-order valence-corrected chi connectivity index (χ3v) is 3.39. The van der Waals surface area contributed by atoms with Gasteiger partial charge in [-0.2, -0.15) is 5.10 Å². The van der Waals surface area contributed by atoms with E-state index in [-0.39, 0.29) is 12.2 Å². The van der Waals surface area contributed by atoms with Crippen molar-refractivity contribution in [3.8, 4) is 0 Å². The quantitative estimate of drug-likeness (QED) is 0.873. The summed E-state index contributed by atoms with van der Waals surface area (Å²) in [6.45, 7) is 9.05. The van der Waals surface area contributed by atoms with Gasteiger partial charge in [0.15, 0.2) is 0 Å². The molecule has 1 saturated heterocycles. The lowest BCUT2D eigenvalue weighted by molar-refractivity contribution is -0.00569. The molecule has 1 aromatic rings. The average molecular weight is 252 g/mol. The molecule has 0 aromatic carbocycles. The van der Waals surface area contributed by atoms with Crippen molar-refractivity contribution in [1.29, 1.82) is 0 Å². The highest BCUT2D eigenvalue weighted by Crippen LogP contribution is 2.26. The van der Waals surface area contributed by atoms with Crippen molar-refractivity contribution in [1.82, 2.24) is 15.1 Å². The Kier molecular flexibility index (Phi) is 3.92. The molecule has 0 bridgehead atoms. The molecule has 0 saturated carbocycles. The number of hydrogen-bond acceptors (Lipinski definition) is 4.